The number of guanidine groups is 1. The number of hydrogen-bond donors (Lipinski definition) is 1. The van der Waals surface area contributed by atoms with E-state index in [0.717, 1.165) is 37.7 Å². The van der Waals surface area contributed by atoms with Crippen LogP contribution in [-0.2, 0) is 6.18 Å². The van der Waals surface area contributed by atoms with E-state index in [2.05, 4.69) is 38.9 Å². The molecular weight excluding hydrogens is 353 g/mol. The minimum atomic E-state index is -4.35. The highest BCUT2D eigenvalue weighted by Crippen LogP contribution is 2.29. The van der Waals surface area contributed by atoms with Crippen LogP contribution < -0.4 is 5.32 Å². The molecule has 27 heavy (non-hydrogen) atoms. The van der Waals surface area contributed by atoms with Gasteiger partial charge in [0.15, 0.2) is 5.96 Å². The van der Waals surface area contributed by atoms with Gasteiger partial charge in [-0.25, -0.2) is 0 Å². The minimum absolute atomic E-state index is 0.315. The first-order valence-electron chi connectivity index (χ1n) is 9.17. The molecule has 4 nitrogen and oxygen atoms in total. The van der Waals surface area contributed by atoms with E-state index >= 15 is 0 Å². The van der Waals surface area contributed by atoms with Crippen LogP contribution in [0.3, 0.4) is 0 Å². The SMILES string of the molecule is CCN1CCCC1CN(C)C(=NC)NCC#Cc1cccc(C(F)(F)F)c1. The van der Waals surface area contributed by atoms with Crippen LogP contribution in [0.25, 0.3) is 0 Å². The van der Waals surface area contributed by atoms with Crippen molar-refractivity contribution in [3.8, 4) is 11.8 Å². The molecule has 0 saturated carbocycles. The summed E-state index contributed by atoms with van der Waals surface area (Å²) in [5.41, 5.74) is -0.339. The summed E-state index contributed by atoms with van der Waals surface area (Å²) in [5, 5.41) is 3.15. The van der Waals surface area contributed by atoms with Crippen LogP contribution in [0.5, 0.6) is 0 Å². The van der Waals surface area contributed by atoms with Crippen molar-refractivity contribution in [2.45, 2.75) is 32.0 Å². The van der Waals surface area contributed by atoms with Gasteiger partial charge in [0, 0.05) is 32.2 Å². The third-order valence-corrected chi connectivity index (χ3v) is 4.72. The smallest absolute Gasteiger partial charge is 0.345 e. The number of nitrogens with one attached hydrogen (secondary N) is 1. The van der Waals surface area contributed by atoms with Crippen molar-refractivity contribution in [1.29, 1.82) is 0 Å². The zero-order valence-corrected chi connectivity index (χ0v) is 16.1. The first kappa shape index (κ1) is 21.1. The van der Waals surface area contributed by atoms with Crippen molar-refractivity contribution < 1.29 is 13.2 Å². The molecule has 0 aromatic heterocycles. The van der Waals surface area contributed by atoms with Gasteiger partial charge in [0.1, 0.15) is 0 Å². The van der Waals surface area contributed by atoms with Crippen molar-refractivity contribution >= 4 is 5.96 Å². The molecule has 148 valence electrons. The van der Waals surface area contributed by atoms with Crippen molar-refractivity contribution in [2.24, 2.45) is 4.99 Å². The molecule has 1 aromatic rings. The van der Waals surface area contributed by atoms with Gasteiger partial charge >= 0.3 is 6.18 Å². The number of aliphatic imine (C=N–C) groups is 1. The lowest BCUT2D eigenvalue weighted by Crippen LogP contribution is -2.46. The third-order valence-electron chi connectivity index (χ3n) is 4.72. The molecule has 1 aliphatic rings. The van der Waals surface area contributed by atoms with Gasteiger partial charge in [0.25, 0.3) is 0 Å². The molecule has 7 heteroatoms. The number of halogens is 3. The Morgan fingerprint density at radius 3 is 2.85 bits per heavy atom. The summed E-state index contributed by atoms with van der Waals surface area (Å²) in [5.74, 6) is 6.37. The lowest BCUT2D eigenvalue weighted by molar-refractivity contribution is -0.137. The standard InChI is InChI=1S/C20H27F3N4/c1-4-27-13-7-11-18(27)15-26(3)19(24-2)25-12-6-9-16-8-5-10-17(14-16)20(21,22)23/h5,8,10,14,18H,4,7,11-13,15H2,1-3H3,(H,24,25). The van der Waals surface area contributed by atoms with Crippen LogP contribution in [-0.4, -0.2) is 62.1 Å². The van der Waals surface area contributed by atoms with Gasteiger partial charge in [0.05, 0.1) is 12.1 Å². The van der Waals surface area contributed by atoms with Gasteiger partial charge in [-0.15, -0.1) is 0 Å². The summed E-state index contributed by atoms with van der Waals surface area (Å²) in [4.78, 5) is 8.81. The van der Waals surface area contributed by atoms with E-state index in [-0.39, 0.29) is 0 Å². The Balaban J connectivity index is 1.89. The van der Waals surface area contributed by atoms with Crippen molar-refractivity contribution in [2.75, 3.05) is 40.3 Å². The lowest BCUT2D eigenvalue weighted by atomic mass is 10.1. The number of likely N-dealkylation sites (N-methyl/N-ethyl adjacent to an activating group) is 2. The molecule has 1 heterocycles. The van der Waals surface area contributed by atoms with Gasteiger partial charge in [-0.3, -0.25) is 9.89 Å². The predicted molar refractivity (Wildman–Crippen MR) is 103 cm³/mol. The second-order valence-electron chi connectivity index (χ2n) is 6.59. The fraction of sp³-hybridized carbons (Fsp3) is 0.550. The highest BCUT2D eigenvalue weighted by molar-refractivity contribution is 5.79. The lowest BCUT2D eigenvalue weighted by Gasteiger charge is -2.29. The van der Waals surface area contributed by atoms with E-state index in [0.29, 0.717) is 18.2 Å². The van der Waals surface area contributed by atoms with E-state index in [1.807, 2.05) is 7.05 Å². The van der Waals surface area contributed by atoms with Gasteiger partial charge in [-0.05, 0) is 44.1 Å². The van der Waals surface area contributed by atoms with E-state index in [1.54, 1.807) is 13.1 Å². The van der Waals surface area contributed by atoms with Crippen LogP contribution in [0, 0.1) is 11.8 Å². The Morgan fingerprint density at radius 1 is 1.41 bits per heavy atom. The highest BCUT2D eigenvalue weighted by atomic mass is 19.4. The van der Waals surface area contributed by atoms with Gasteiger partial charge in [-0.1, -0.05) is 24.8 Å². The highest BCUT2D eigenvalue weighted by Gasteiger charge is 2.30. The molecule has 2 rings (SSSR count). The summed E-state index contributed by atoms with van der Waals surface area (Å²) in [6, 6.07) is 5.57. The summed E-state index contributed by atoms with van der Waals surface area (Å²) in [6.45, 7) is 5.56. The number of benzene rings is 1. The second kappa shape index (κ2) is 9.65. The number of rotatable bonds is 4. The average molecular weight is 380 g/mol. The van der Waals surface area contributed by atoms with Crippen molar-refractivity contribution in [3.63, 3.8) is 0 Å². The van der Waals surface area contributed by atoms with Crippen molar-refractivity contribution in [3.05, 3.63) is 35.4 Å². The molecular formula is C20H27F3N4. The maximum absolute atomic E-state index is 12.7. The first-order chi connectivity index (χ1) is 12.8. The van der Waals surface area contributed by atoms with Gasteiger partial charge in [-0.2, -0.15) is 13.2 Å². The Hall–Kier alpha value is -2.20. The molecule has 0 aliphatic carbocycles. The maximum atomic E-state index is 12.7. The fourth-order valence-electron chi connectivity index (χ4n) is 3.35. The Kier molecular flexibility index (Phi) is 7.55. The Labute approximate surface area is 159 Å². The molecule has 1 saturated heterocycles. The molecule has 1 aliphatic heterocycles. The molecule has 0 amide bonds. The molecule has 1 fully saturated rings. The normalized spacial score (nSPS) is 18.1. The second-order valence-corrected chi connectivity index (χ2v) is 6.59. The molecule has 1 atom stereocenters. The van der Waals surface area contributed by atoms with Crippen LogP contribution in [0.15, 0.2) is 29.3 Å². The Morgan fingerprint density at radius 2 is 2.19 bits per heavy atom. The zero-order valence-electron chi connectivity index (χ0n) is 16.1. The van der Waals surface area contributed by atoms with E-state index in [9.17, 15) is 13.2 Å². The summed E-state index contributed by atoms with van der Waals surface area (Å²) in [7, 11) is 3.70. The number of hydrogen-bond acceptors (Lipinski definition) is 2. The van der Waals surface area contributed by atoms with Crippen LogP contribution in [0.2, 0.25) is 0 Å². The molecule has 0 spiro atoms. The number of nitrogens with zero attached hydrogens (tertiary/aromatic N) is 3. The maximum Gasteiger partial charge on any atom is 0.416 e. The molecule has 0 bridgehead atoms. The quantitative estimate of drug-likeness (QED) is 0.495. The van der Waals surface area contributed by atoms with Crippen LogP contribution in [0.4, 0.5) is 13.2 Å². The molecule has 0 radical (unpaired) electrons. The molecule has 1 aromatic carbocycles. The fourth-order valence-corrected chi connectivity index (χ4v) is 3.35. The summed E-state index contributed by atoms with van der Waals surface area (Å²) in [6.07, 6.45) is -1.95. The Bertz CT molecular complexity index is 703. The predicted octanol–water partition coefficient (Wildman–Crippen LogP) is 3.05. The zero-order chi connectivity index (χ0) is 19.9. The molecule has 1 N–H and O–H groups in total. The van der Waals surface area contributed by atoms with E-state index in [4.69, 9.17) is 0 Å². The van der Waals surface area contributed by atoms with Crippen LogP contribution in [0.1, 0.15) is 30.9 Å². The van der Waals surface area contributed by atoms with Crippen molar-refractivity contribution in [1.82, 2.24) is 15.1 Å². The van der Waals surface area contributed by atoms with Gasteiger partial charge in [0.2, 0.25) is 0 Å². The first-order valence-corrected chi connectivity index (χ1v) is 9.17. The largest absolute Gasteiger partial charge is 0.416 e. The summed E-state index contributed by atoms with van der Waals surface area (Å²) >= 11 is 0. The van der Waals surface area contributed by atoms with Gasteiger partial charge < -0.3 is 10.2 Å². The van der Waals surface area contributed by atoms with E-state index < -0.39 is 11.7 Å². The topological polar surface area (TPSA) is 30.9 Å². The molecule has 1 unspecified atom stereocenters. The number of likely N-dealkylation sites (tertiary alicyclic amines) is 1. The monoisotopic (exact) mass is 380 g/mol. The number of alkyl halides is 3. The van der Waals surface area contributed by atoms with Crippen LogP contribution >= 0.6 is 0 Å². The summed E-state index contributed by atoms with van der Waals surface area (Å²) < 4.78 is 38.2. The van der Waals surface area contributed by atoms with E-state index in [1.165, 1.54) is 18.9 Å². The minimum Gasteiger partial charge on any atom is -0.345 e. The average Bonchev–Trinajstić information content (AvgIpc) is 3.08. The third kappa shape index (κ3) is 6.17.